The fraction of sp³-hybridized carbons (Fsp3) is 0.200. The van der Waals surface area contributed by atoms with E-state index in [4.69, 9.17) is 29.6 Å². The van der Waals surface area contributed by atoms with Crippen LogP contribution in [0.5, 0.6) is 23.0 Å². The molecule has 0 fully saturated rings. The van der Waals surface area contributed by atoms with Crippen molar-refractivity contribution in [3.8, 4) is 45.5 Å². The molecule has 308 valence electrons. The van der Waals surface area contributed by atoms with Gasteiger partial charge in [-0.05, 0) is 119 Å². The van der Waals surface area contributed by atoms with Crippen LogP contribution in [0.15, 0.2) is 146 Å². The van der Waals surface area contributed by atoms with E-state index in [0.717, 1.165) is 102 Å². The zero-order valence-electron chi connectivity index (χ0n) is 36.3. The Morgan fingerprint density at radius 2 is 0.841 bits per heavy atom. The van der Waals surface area contributed by atoms with E-state index in [-0.39, 0.29) is 16.2 Å². The van der Waals surface area contributed by atoms with Crippen LogP contribution in [-0.2, 0) is 30.3 Å². The molecule has 0 saturated carbocycles. The Labute approximate surface area is 365 Å². The number of benzene rings is 6. The number of hydrogen-bond donors (Lipinski definition) is 0. The third-order valence-corrected chi connectivity index (χ3v) is 13.7. The molecule has 6 aromatic carbocycles. The lowest BCUT2D eigenvalue weighted by Gasteiger charge is -2.30. The van der Waals surface area contributed by atoms with Crippen LogP contribution in [0.2, 0.25) is 0 Å². The minimum atomic E-state index is -0.212. The van der Waals surface area contributed by atoms with Crippen LogP contribution < -0.4 is 9.47 Å². The van der Waals surface area contributed by atoms with Crippen LogP contribution >= 0.6 is 0 Å². The highest BCUT2D eigenvalue weighted by atomic mass is 16.5. The van der Waals surface area contributed by atoms with Gasteiger partial charge in [-0.25, -0.2) is 19.3 Å². The van der Waals surface area contributed by atoms with Gasteiger partial charge in [-0.2, -0.15) is 10.2 Å². The lowest BCUT2D eigenvalue weighted by molar-refractivity contribution is 0.349. The predicted octanol–water partition coefficient (Wildman–Crippen LogP) is 13.1. The van der Waals surface area contributed by atoms with Gasteiger partial charge in [-0.3, -0.25) is 0 Å². The Morgan fingerprint density at radius 3 is 1.27 bits per heavy atom. The summed E-state index contributed by atoms with van der Waals surface area (Å²) in [5.74, 6) is 3.20. The Kier molecular flexibility index (Phi) is 7.93. The normalized spacial score (nSPS) is 15.7. The number of aryl methyl sites for hydroxylation is 2. The van der Waals surface area contributed by atoms with Crippen LogP contribution in [0.25, 0.3) is 66.4 Å². The molecule has 8 heteroatoms. The molecule has 0 radical (unpaired) electrons. The van der Waals surface area contributed by atoms with Crippen molar-refractivity contribution in [3.63, 3.8) is 0 Å². The molecule has 1 spiro atoms. The van der Waals surface area contributed by atoms with Gasteiger partial charge >= 0.3 is 0 Å². The van der Waals surface area contributed by atoms with Crippen LogP contribution in [0.3, 0.4) is 0 Å². The molecule has 0 atom stereocenters. The van der Waals surface area contributed by atoms with Gasteiger partial charge in [0.2, 0.25) is 0 Å². The van der Waals surface area contributed by atoms with E-state index in [1.165, 1.54) is 22.3 Å². The maximum atomic E-state index is 6.77. The summed E-state index contributed by atoms with van der Waals surface area (Å²) < 4.78 is 17.3. The molecule has 0 unspecified atom stereocenters. The summed E-state index contributed by atoms with van der Waals surface area (Å²) in [6, 6.07) is 50.8. The highest BCUT2D eigenvalue weighted by Gasteiger charge is 2.56. The van der Waals surface area contributed by atoms with Crippen LogP contribution in [0.1, 0.15) is 62.8 Å². The predicted molar refractivity (Wildman–Crippen MR) is 252 cm³/mol. The van der Waals surface area contributed by atoms with Gasteiger partial charge in [0.05, 0.1) is 11.0 Å². The van der Waals surface area contributed by atoms with Crippen molar-refractivity contribution < 1.29 is 9.47 Å². The van der Waals surface area contributed by atoms with Gasteiger partial charge in [0.25, 0.3) is 0 Å². The standard InChI is InChI=1S/C55H46N6O2/c1-53(2)31-55(45-29-39(17-21-43(45)53)62-37-19-23-47-35(25-37)27-41-49(33-13-9-7-10-14-33)58-60(5)51(41)56-47)32-54(3,4)44-22-18-40(30-46(44)55)63-38-20-24-48-36(26-38)28-42-50(34-15-11-8-12-16-34)59-61(6)52(42)57-48/h7-30H,31-32H2,1-6H3. The monoisotopic (exact) mass is 822 g/mol. The number of ether oxygens (including phenoxy) is 2. The number of nitrogens with zero attached hydrogens (tertiary/aromatic N) is 6. The SMILES string of the molecule is Cn1nc(-c2ccccc2)c2cc3cc(Oc4ccc5c(c4)C4(CC5(C)C)CC(C)(C)c5ccc(Oc6ccc7nc8c(cc7c6)c(-c6ccccc6)nn8C)cc54)ccc3nc21. The average molecular weight is 823 g/mol. The van der Waals surface area contributed by atoms with Gasteiger partial charge in [0, 0.05) is 52.2 Å². The van der Waals surface area contributed by atoms with Gasteiger partial charge in [-0.1, -0.05) is 100 Å². The van der Waals surface area contributed by atoms with E-state index in [1.807, 2.05) is 84.1 Å². The van der Waals surface area contributed by atoms with E-state index in [9.17, 15) is 0 Å². The van der Waals surface area contributed by atoms with Gasteiger partial charge in [-0.15, -0.1) is 0 Å². The topological polar surface area (TPSA) is 79.9 Å². The van der Waals surface area contributed by atoms with E-state index in [0.29, 0.717) is 0 Å². The van der Waals surface area contributed by atoms with E-state index in [2.05, 4.69) is 113 Å². The lowest BCUT2D eigenvalue weighted by Crippen LogP contribution is -2.27. The Balaban J connectivity index is 0.894. The fourth-order valence-corrected chi connectivity index (χ4v) is 11.1. The number of hydrogen-bond acceptors (Lipinski definition) is 6. The first-order valence-corrected chi connectivity index (χ1v) is 21.7. The molecular weight excluding hydrogens is 777 g/mol. The van der Waals surface area contributed by atoms with Crippen molar-refractivity contribution >= 4 is 43.9 Å². The molecule has 8 nitrogen and oxygen atoms in total. The van der Waals surface area contributed by atoms with E-state index >= 15 is 0 Å². The molecule has 4 heterocycles. The molecule has 0 amide bonds. The third-order valence-electron chi connectivity index (χ3n) is 13.7. The Morgan fingerprint density at radius 1 is 0.444 bits per heavy atom. The number of aromatic nitrogens is 6. The fourth-order valence-electron chi connectivity index (χ4n) is 11.1. The van der Waals surface area contributed by atoms with Crippen molar-refractivity contribution in [3.05, 3.63) is 168 Å². The van der Waals surface area contributed by atoms with Crippen LogP contribution in [0, 0.1) is 0 Å². The summed E-state index contributed by atoms with van der Waals surface area (Å²) in [6.07, 6.45) is 2.00. The number of fused-ring (bicyclic) bond motifs is 8. The minimum Gasteiger partial charge on any atom is -0.457 e. The van der Waals surface area contributed by atoms with Crippen LogP contribution in [0.4, 0.5) is 0 Å². The molecule has 0 bridgehead atoms. The molecule has 0 aliphatic heterocycles. The summed E-state index contributed by atoms with van der Waals surface area (Å²) in [6.45, 7) is 9.54. The van der Waals surface area contributed by atoms with Gasteiger partial charge in [0.15, 0.2) is 11.3 Å². The molecule has 10 aromatic rings. The number of pyridine rings is 2. The first-order valence-electron chi connectivity index (χ1n) is 21.7. The molecular formula is C55H46N6O2. The van der Waals surface area contributed by atoms with Crippen molar-refractivity contribution in [2.45, 2.75) is 56.8 Å². The Bertz CT molecular complexity index is 3260. The molecule has 63 heavy (non-hydrogen) atoms. The highest BCUT2D eigenvalue weighted by Crippen LogP contribution is 2.63. The molecule has 2 aliphatic carbocycles. The second kappa shape index (κ2) is 13.3. The molecule has 2 aliphatic rings. The number of rotatable bonds is 6. The molecule has 0 saturated heterocycles. The largest absolute Gasteiger partial charge is 0.457 e. The van der Waals surface area contributed by atoms with Crippen LogP contribution in [-0.4, -0.2) is 29.5 Å². The van der Waals surface area contributed by atoms with Crippen molar-refractivity contribution in [1.82, 2.24) is 29.5 Å². The average Bonchev–Trinajstić information content (AvgIpc) is 3.93. The summed E-state index contributed by atoms with van der Waals surface area (Å²) >= 11 is 0. The zero-order valence-corrected chi connectivity index (χ0v) is 36.3. The molecule has 4 aromatic heterocycles. The third kappa shape index (κ3) is 5.88. The summed E-state index contributed by atoms with van der Waals surface area (Å²) in [5, 5.41) is 13.7. The lowest BCUT2D eigenvalue weighted by atomic mass is 9.72. The van der Waals surface area contributed by atoms with Crippen molar-refractivity contribution in [1.29, 1.82) is 0 Å². The first-order chi connectivity index (χ1) is 30.4. The maximum Gasteiger partial charge on any atom is 0.158 e. The van der Waals surface area contributed by atoms with Gasteiger partial charge in [0.1, 0.15) is 34.4 Å². The quantitative estimate of drug-likeness (QED) is 0.166. The van der Waals surface area contributed by atoms with Crippen molar-refractivity contribution in [2.75, 3.05) is 0 Å². The molecule has 12 rings (SSSR count). The summed E-state index contributed by atoms with van der Waals surface area (Å²) in [7, 11) is 3.91. The smallest absolute Gasteiger partial charge is 0.158 e. The van der Waals surface area contributed by atoms with E-state index < -0.39 is 0 Å². The second-order valence-corrected chi connectivity index (χ2v) is 18.9. The zero-order chi connectivity index (χ0) is 42.8. The first kappa shape index (κ1) is 37.4. The summed E-state index contributed by atoms with van der Waals surface area (Å²) in [4.78, 5) is 10.0. The Hall–Kier alpha value is -7.32. The van der Waals surface area contributed by atoms with Gasteiger partial charge < -0.3 is 9.47 Å². The minimum absolute atomic E-state index is 0.0375. The van der Waals surface area contributed by atoms with E-state index in [1.54, 1.807) is 0 Å². The molecule has 0 N–H and O–H groups in total. The van der Waals surface area contributed by atoms with Crippen molar-refractivity contribution in [2.24, 2.45) is 14.1 Å². The second-order valence-electron chi connectivity index (χ2n) is 18.9. The highest BCUT2D eigenvalue weighted by molar-refractivity contribution is 6.00. The summed E-state index contributed by atoms with van der Waals surface area (Å²) in [5.41, 5.74) is 12.6. The maximum absolute atomic E-state index is 6.77.